The molecule has 1 aliphatic rings. The van der Waals surface area contributed by atoms with E-state index in [4.69, 9.17) is 9.84 Å². The molecule has 0 aliphatic carbocycles. The number of hydrogen-bond acceptors (Lipinski definition) is 2. The van der Waals surface area contributed by atoms with Crippen molar-refractivity contribution in [2.45, 2.75) is 25.7 Å². The molecule has 2 atom stereocenters. The Labute approximate surface area is 81.1 Å². The quantitative estimate of drug-likeness (QED) is 0.768. The van der Waals surface area contributed by atoms with Gasteiger partial charge in [0, 0.05) is 13.0 Å². The number of rotatable bonds is 3. The van der Waals surface area contributed by atoms with E-state index in [1.165, 1.54) is 0 Å². The zero-order valence-corrected chi connectivity index (χ0v) is 8.00. The average Bonchev–Trinajstić information content (AvgIpc) is 2.01. The van der Waals surface area contributed by atoms with Crippen LogP contribution in [0.4, 0.5) is 8.78 Å². The first-order valence-electron chi connectivity index (χ1n) is 4.58. The van der Waals surface area contributed by atoms with E-state index in [1.807, 2.05) is 0 Å². The van der Waals surface area contributed by atoms with Crippen LogP contribution in [0.5, 0.6) is 0 Å². The van der Waals surface area contributed by atoms with Crippen LogP contribution in [0.2, 0.25) is 0 Å². The summed E-state index contributed by atoms with van der Waals surface area (Å²) in [6.45, 7) is 1.25. The van der Waals surface area contributed by atoms with E-state index < -0.39 is 23.7 Å². The molecule has 0 saturated carbocycles. The minimum absolute atomic E-state index is 0.0517. The molecule has 0 aromatic heterocycles. The number of ether oxygens (including phenoxy) is 1. The van der Waals surface area contributed by atoms with Gasteiger partial charge < -0.3 is 9.84 Å². The van der Waals surface area contributed by atoms with Crippen LogP contribution in [-0.4, -0.2) is 30.2 Å². The van der Waals surface area contributed by atoms with Crippen molar-refractivity contribution in [2.75, 3.05) is 13.2 Å². The second kappa shape index (κ2) is 4.21. The van der Waals surface area contributed by atoms with E-state index in [1.54, 1.807) is 0 Å². The number of alkyl halides is 2. The molecule has 1 saturated heterocycles. The summed E-state index contributed by atoms with van der Waals surface area (Å²) in [5, 5.41) is 8.78. The van der Waals surface area contributed by atoms with Gasteiger partial charge >= 0.3 is 5.97 Å². The lowest BCUT2D eigenvalue weighted by atomic mass is 9.84. The number of halogens is 2. The molecule has 0 aromatic carbocycles. The molecule has 82 valence electrons. The molecule has 0 bridgehead atoms. The van der Waals surface area contributed by atoms with Gasteiger partial charge in [-0.1, -0.05) is 0 Å². The fraction of sp³-hybridized carbons (Fsp3) is 0.889. The lowest BCUT2D eigenvalue weighted by Crippen LogP contribution is -2.36. The van der Waals surface area contributed by atoms with E-state index in [-0.39, 0.29) is 13.0 Å². The Kier molecular flexibility index (Phi) is 3.42. The summed E-state index contributed by atoms with van der Waals surface area (Å²) >= 11 is 0. The van der Waals surface area contributed by atoms with Gasteiger partial charge in [0.1, 0.15) is 0 Å². The van der Waals surface area contributed by atoms with Crippen LogP contribution in [0.1, 0.15) is 19.8 Å². The first-order chi connectivity index (χ1) is 6.40. The smallest absolute Gasteiger partial charge is 0.309 e. The standard InChI is InChI=1S/C9H14F2O3/c1-9(10,11)4-6-2-3-14-5-7(6)8(12)13/h6-7H,2-5H2,1H3,(H,12,13). The molecule has 0 spiro atoms. The first kappa shape index (κ1) is 11.4. The lowest BCUT2D eigenvalue weighted by Gasteiger charge is -2.30. The minimum atomic E-state index is -2.80. The van der Waals surface area contributed by atoms with E-state index in [9.17, 15) is 13.6 Å². The van der Waals surface area contributed by atoms with Gasteiger partial charge in [0.05, 0.1) is 12.5 Å². The molecule has 14 heavy (non-hydrogen) atoms. The van der Waals surface area contributed by atoms with Gasteiger partial charge in [-0.3, -0.25) is 4.79 Å². The Morgan fingerprint density at radius 2 is 2.29 bits per heavy atom. The Morgan fingerprint density at radius 3 is 2.79 bits per heavy atom. The normalized spacial score (nSPS) is 28.8. The molecule has 5 heteroatoms. The molecule has 0 amide bonds. The highest BCUT2D eigenvalue weighted by Crippen LogP contribution is 2.32. The van der Waals surface area contributed by atoms with Crippen LogP contribution in [0.25, 0.3) is 0 Å². The molecule has 0 radical (unpaired) electrons. The van der Waals surface area contributed by atoms with Crippen LogP contribution in [0.15, 0.2) is 0 Å². The third kappa shape index (κ3) is 3.21. The Balaban J connectivity index is 2.59. The lowest BCUT2D eigenvalue weighted by molar-refractivity contribution is -0.151. The highest BCUT2D eigenvalue weighted by atomic mass is 19.3. The van der Waals surface area contributed by atoms with E-state index in [2.05, 4.69) is 0 Å². The molecule has 1 aliphatic heterocycles. The summed E-state index contributed by atoms with van der Waals surface area (Å²) in [7, 11) is 0. The number of carbonyl (C=O) groups is 1. The minimum Gasteiger partial charge on any atom is -0.481 e. The van der Waals surface area contributed by atoms with Gasteiger partial charge in [-0.25, -0.2) is 8.78 Å². The number of aliphatic carboxylic acids is 1. The zero-order chi connectivity index (χ0) is 10.8. The number of carboxylic acids is 1. The zero-order valence-electron chi connectivity index (χ0n) is 8.00. The third-order valence-corrected chi connectivity index (χ3v) is 2.44. The summed E-state index contributed by atoms with van der Waals surface area (Å²) in [4.78, 5) is 10.7. The molecule has 2 unspecified atom stereocenters. The monoisotopic (exact) mass is 208 g/mol. The van der Waals surface area contributed by atoms with Crippen LogP contribution in [0.3, 0.4) is 0 Å². The van der Waals surface area contributed by atoms with Gasteiger partial charge in [0.15, 0.2) is 0 Å². The average molecular weight is 208 g/mol. The highest BCUT2D eigenvalue weighted by Gasteiger charge is 2.37. The Morgan fingerprint density at radius 1 is 1.64 bits per heavy atom. The molecule has 0 aromatic rings. The maximum atomic E-state index is 12.7. The summed E-state index contributed by atoms with van der Waals surface area (Å²) < 4.78 is 30.4. The maximum absolute atomic E-state index is 12.7. The van der Waals surface area contributed by atoms with Crippen molar-refractivity contribution in [3.8, 4) is 0 Å². The fourth-order valence-corrected chi connectivity index (χ4v) is 1.76. The molecule has 1 rings (SSSR count). The number of carboxylic acid groups (broad SMARTS) is 1. The summed E-state index contributed by atoms with van der Waals surface area (Å²) in [6, 6.07) is 0. The maximum Gasteiger partial charge on any atom is 0.309 e. The molecule has 1 fully saturated rings. The SMILES string of the molecule is CC(F)(F)CC1CCOCC1C(=O)O. The summed E-state index contributed by atoms with van der Waals surface area (Å²) in [5.74, 6) is -5.09. The van der Waals surface area contributed by atoms with Crippen molar-refractivity contribution in [1.82, 2.24) is 0 Å². The van der Waals surface area contributed by atoms with Crippen molar-refractivity contribution in [3.63, 3.8) is 0 Å². The molecular formula is C9H14F2O3. The van der Waals surface area contributed by atoms with Gasteiger partial charge in [-0.05, 0) is 19.3 Å². The van der Waals surface area contributed by atoms with E-state index >= 15 is 0 Å². The van der Waals surface area contributed by atoms with Crippen LogP contribution < -0.4 is 0 Å². The largest absolute Gasteiger partial charge is 0.481 e. The van der Waals surface area contributed by atoms with Gasteiger partial charge in [0.2, 0.25) is 5.92 Å². The second-order valence-corrected chi connectivity index (χ2v) is 3.84. The second-order valence-electron chi connectivity index (χ2n) is 3.84. The predicted molar refractivity (Wildman–Crippen MR) is 45.3 cm³/mol. The molecule has 1 heterocycles. The summed E-state index contributed by atoms with van der Waals surface area (Å²) in [5.41, 5.74) is 0. The van der Waals surface area contributed by atoms with Crippen molar-refractivity contribution in [2.24, 2.45) is 11.8 Å². The molecular weight excluding hydrogens is 194 g/mol. The van der Waals surface area contributed by atoms with E-state index in [0.29, 0.717) is 13.0 Å². The van der Waals surface area contributed by atoms with Gasteiger partial charge in [-0.15, -0.1) is 0 Å². The van der Waals surface area contributed by atoms with Crippen LogP contribution >= 0.6 is 0 Å². The predicted octanol–water partition coefficient (Wildman–Crippen LogP) is 1.77. The van der Waals surface area contributed by atoms with Crippen molar-refractivity contribution in [1.29, 1.82) is 0 Å². The Bertz CT molecular complexity index is 213. The van der Waals surface area contributed by atoms with Crippen LogP contribution in [-0.2, 0) is 9.53 Å². The molecule has 3 nitrogen and oxygen atoms in total. The first-order valence-corrected chi connectivity index (χ1v) is 4.58. The van der Waals surface area contributed by atoms with Crippen molar-refractivity contribution in [3.05, 3.63) is 0 Å². The fourth-order valence-electron chi connectivity index (χ4n) is 1.76. The number of hydrogen-bond donors (Lipinski definition) is 1. The van der Waals surface area contributed by atoms with Crippen molar-refractivity contribution < 1.29 is 23.4 Å². The van der Waals surface area contributed by atoms with Crippen molar-refractivity contribution >= 4 is 5.97 Å². The van der Waals surface area contributed by atoms with Gasteiger partial charge in [0.25, 0.3) is 0 Å². The molecule has 1 N–H and O–H groups in total. The van der Waals surface area contributed by atoms with Gasteiger partial charge in [-0.2, -0.15) is 0 Å². The van der Waals surface area contributed by atoms with E-state index in [0.717, 1.165) is 6.92 Å². The summed E-state index contributed by atoms with van der Waals surface area (Å²) in [6.07, 6.45) is 0.0354. The Hall–Kier alpha value is -0.710. The highest BCUT2D eigenvalue weighted by molar-refractivity contribution is 5.70. The third-order valence-electron chi connectivity index (χ3n) is 2.44. The topological polar surface area (TPSA) is 46.5 Å². The van der Waals surface area contributed by atoms with Crippen LogP contribution in [0, 0.1) is 11.8 Å².